The van der Waals surface area contributed by atoms with Crippen LogP contribution in [0.15, 0.2) is 12.1 Å². The molecule has 0 radical (unpaired) electrons. The van der Waals surface area contributed by atoms with Crippen molar-refractivity contribution in [1.29, 1.82) is 0 Å². The van der Waals surface area contributed by atoms with E-state index in [0.29, 0.717) is 18.2 Å². The van der Waals surface area contributed by atoms with Crippen LogP contribution >= 0.6 is 0 Å². The minimum absolute atomic E-state index is 0.189. The van der Waals surface area contributed by atoms with E-state index < -0.39 is 0 Å². The summed E-state index contributed by atoms with van der Waals surface area (Å²) in [4.78, 5) is 11.9. The van der Waals surface area contributed by atoms with Crippen molar-refractivity contribution in [2.75, 3.05) is 6.61 Å². The molecule has 1 heterocycles. The third kappa shape index (κ3) is 2.90. The van der Waals surface area contributed by atoms with Gasteiger partial charge in [0.1, 0.15) is 5.69 Å². The summed E-state index contributed by atoms with van der Waals surface area (Å²) in [5.41, 5.74) is 1.73. The fourth-order valence-electron chi connectivity index (χ4n) is 2.44. The highest BCUT2D eigenvalue weighted by Crippen LogP contribution is 2.24. The van der Waals surface area contributed by atoms with Crippen molar-refractivity contribution in [3.63, 3.8) is 0 Å². The molecular formula is C14H21NO2. The Morgan fingerprint density at radius 3 is 2.65 bits per heavy atom. The molecule has 2 rings (SSSR count). The molecule has 1 aromatic rings. The number of esters is 1. The molecule has 0 spiro atoms. The van der Waals surface area contributed by atoms with Crippen LogP contribution in [0.3, 0.4) is 0 Å². The molecule has 3 nitrogen and oxygen atoms in total. The number of hydrogen-bond acceptors (Lipinski definition) is 2. The highest BCUT2D eigenvalue weighted by molar-refractivity contribution is 5.87. The second-order valence-electron chi connectivity index (χ2n) is 5.02. The number of carbonyl (C=O) groups excluding carboxylic acids is 1. The van der Waals surface area contributed by atoms with Gasteiger partial charge in [0.15, 0.2) is 0 Å². The largest absolute Gasteiger partial charge is 0.461 e. The quantitative estimate of drug-likeness (QED) is 0.754. The predicted octanol–water partition coefficient (Wildman–Crippen LogP) is 3.07. The summed E-state index contributed by atoms with van der Waals surface area (Å²) in [5.74, 6) is 0.389. The first-order valence-corrected chi connectivity index (χ1v) is 6.48. The Morgan fingerprint density at radius 1 is 1.35 bits per heavy atom. The third-order valence-electron chi connectivity index (χ3n) is 3.76. The summed E-state index contributed by atoms with van der Waals surface area (Å²) in [7, 11) is 1.90. The van der Waals surface area contributed by atoms with Crippen molar-refractivity contribution in [2.24, 2.45) is 13.0 Å². The van der Waals surface area contributed by atoms with Gasteiger partial charge in [-0.05, 0) is 37.8 Å². The number of carbonyl (C=O) groups is 1. The van der Waals surface area contributed by atoms with E-state index in [9.17, 15) is 4.79 Å². The molecule has 1 aliphatic carbocycles. The molecule has 94 valence electrons. The zero-order valence-corrected chi connectivity index (χ0v) is 10.7. The second kappa shape index (κ2) is 5.39. The van der Waals surface area contributed by atoms with Gasteiger partial charge in [-0.3, -0.25) is 0 Å². The van der Waals surface area contributed by atoms with Gasteiger partial charge in [-0.1, -0.05) is 19.3 Å². The normalized spacial score (nSPS) is 17.1. The van der Waals surface area contributed by atoms with E-state index in [1.54, 1.807) is 0 Å². The topological polar surface area (TPSA) is 31.2 Å². The van der Waals surface area contributed by atoms with Crippen molar-refractivity contribution >= 4 is 5.97 Å². The molecule has 1 aliphatic rings. The van der Waals surface area contributed by atoms with Crippen molar-refractivity contribution < 1.29 is 9.53 Å². The van der Waals surface area contributed by atoms with Gasteiger partial charge in [0, 0.05) is 12.7 Å². The zero-order valence-electron chi connectivity index (χ0n) is 10.7. The van der Waals surface area contributed by atoms with Crippen LogP contribution in [0.1, 0.15) is 48.3 Å². The van der Waals surface area contributed by atoms with Crippen LogP contribution in [0, 0.1) is 12.8 Å². The lowest BCUT2D eigenvalue weighted by atomic mass is 9.90. The molecule has 3 heteroatoms. The Morgan fingerprint density at radius 2 is 2.06 bits per heavy atom. The lowest BCUT2D eigenvalue weighted by molar-refractivity contribution is 0.0399. The van der Waals surface area contributed by atoms with Crippen LogP contribution in [-0.4, -0.2) is 17.1 Å². The average molecular weight is 235 g/mol. The standard InChI is InChI=1S/C14H21NO2/c1-11-8-9-13(15(11)2)14(16)17-10-12-6-4-3-5-7-12/h8-9,12H,3-7,10H2,1-2H3. The van der Waals surface area contributed by atoms with Crippen molar-refractivity contribution in [3.8, 4) is 0 Å². The van der Waals surface area contributed by atoms with Crippen molar-refractivity contribution in [2.45, 2.75) is 39.0 Å². The molecule has 0 N–H and O–H groups in total. The number of aromatic nitrogens is 1. The van der Waals surface area contributed by atoms with Crippen LogP contribution in [0.2, 0.25) is 0 Å². The summed E-state index contributed by atoms with van der Waals surface area (Å²) in [6.07, 6.45) is 6.32. The Hall–Kier alpha value is -1.25. The minimum Gasteiger partial charge on any atom is -0.461 e. The minimum atomic E-state index is -0.189. The first-order valence-electron chi connectivity index (χ1n) is 6.48. The van der Waals surface area contributed by atoms with Crippen LogP contribution in [0.5, 0.6) is 0 Å². The molecule has 1 saturated carbocycles. The summed E-state index contributed by atoms with van der Waals surface area (Å²) < 4.78 is 7.28. The molecule has 1 aromatic heterocycles. The van der Waals surface area contributed by atoms with E-state index in [4.69, 9.17) is 4.74 Å². The van der Waals surface area contributed by atoms with Gasteiger partial charge in [0.05, 0.1) is 6.61 Å². The molecule has 0 bridgehead atoms. The number of hydrogen-bond donors (Lipinski definition) is 0. The summed E-state index contributed by atoms with van der Waals surface area (Å²) >= 11 is 0. The van der Waals surface area contributed by atoms with Gasteiger partial charge in [0.25, 0.3) is 0 Å². The lowest BCUT2D eigenvalue weighted by Gasteiger charge is -2.21. The van der Waals surface area contributed by atoms with Gasteiger partial charge >= 0.3 is 5.97 Å². The van der Waals surface area contributed by atoms with Crippen molar-refractivity contribution in [1.82, 2.24) is 4.57 Å². The lowest BCUT2D eigenvalue weighted by Crippen LogP contribution is -2.18. The van der Waals surface area contributed by atoms with Crippen LogP contribution < -0.4 is 0 Å². The first kappa shape index (κ1) is 12.2. The molecule has 1 fully saturated rings. The van der Waals surface area contributed by atoms with Gasteiger partial charge in [-0.15, -0.1) is 0 Å². The van der Waals surface area contributed by atoms with E-state index in [1.807, 2.05) is 30.7 Å². The zero-order chi connectivity index (χ0) is 12.3. The van der Waals surface area contributed by atoms with Crippen LogP contribution in [0.4, 0.5) is 0 Å². The highest BCUT2D eigenvalue weighted by Gasteiger charge is 2.17. The van der Waals surface area contributed by atoms with Crippen LogP contribution in [0.25, 0.3) is 0 Å². The second-order valence-corrected chi connectivity index (χ2v) is 5.02. The SMILES string of the molecule is Cc1ccc(C(=O)OCC2CCCCC2)n1C. The predicted molar refractivity (Wildman–Crippen MR) is 67.0 cm³/mol. The summed E-state index contributed by atoms with van der Waals surface area (Å²) in [6.45, 7) is 2.57. The highest BCUT2D eigenvalue weighted by atomic mass is 16.5. The van der Waals surface area contributed by atoms with E-state index in [2.05, 4.69) is 0 Å². The Labute approximate surface area is 103 Å². The number of nitrogens with zero attached hydrogens (tertiary/aromatic N) is 1. The number of rotatable bonds is 3. The number of aryl methyl sites for hydroxylation is 1. The third-order valence-corrected chi connectivity index (χ3v) is 3.76. The van der Waals surface area contributed by atoms with Crippen molar-refractivity contribution in [3.05, 3.63) is 23.5 Å². The van der Waals surface area contributed by atoms with E-state index in [0.717, 1.165) is 5.69 Å². The fourth-order valence-corrected chi connectivity index (χ4v) is 2.44. The van der Waals surface area contributed by atoms with E-state index in [1.165, 1.54) is 32.1 Å². The molecule has 0 atom stereocenters. The maximum Gasteiger partial charge on any atom is 0.354 e. The maximum absolute atomic E-state index is 11.9. The monoisotopic (exact) mass is 235 g/mol. The average Bonchev–Trinajstić information content (AvgIpc) is 2.69. The summed E-state index contributed by atoms with van der Waals surface area (Å²) in [5, 5.41) is 0. The molecule has 0 aliphatic heterocycles. The maximum atomic E-state index is 11.9. The molecule has 0 amide bonds. The Bertz CT molecular complexity index is 389. The first-order chi connectivity index (χ1) is 8.18. The van der Waals surface area contributed by atoms with E-state index in [-0.39, 0.29) is 5.97 Å². The number of ether oxygens (including phenoxy) is 1. The molecule has 17 heavy (non-hydrogen) atoms. The van der Waals surface area contributed by atoms with Gasteiger partial charge in [0.2, 0.25) is 0 Å². The van der Waals surface area contributed by atoms with Gasteiger partial charge in [-0.25, -0.2) is 4.79 Å². The molecule has 0 saturated heterocycles. The van der Waals surface area contributed by atoms with Gasteiger partial charge < -0.3 is 9.30 Å². The fraction of sp³-hybridized carbons (Fsp3) is 0.643. The molecule has 0 unspecified atom stereocenters. The smallest absolute Gasteiger partial charge is 0.354 e. The van der Waals surface area contributed by atoms with E-state index >= 15 is 0 Å². The molecular weight excluding hydrogens is 214 g/mol. The van der Waals surface area contributed by atoms with Gasteiger partial charge in [-0.2, -0.15) is 0 Å². The Kier molecular flexibility index (Phi) is 3.87. The van der Waals surface area contributed by atoms with Crippen LogP contribution in [-0.2, 0) is 11.8 Å². The Balaban J connectivity index is 1.86. The molecule has 0 aromatic carbocycles. The summed E-state index contributed by atoms with van der Waals surface area (Å²) in [6, 6.07) is 3.77.